The molecule has 32 heavy (non-hydrogen) atoms. The summed E-state index contributed by atoms with van der Waals surface area (Å²) in [5, 5.41) is 0. The van der Waals surface area contributed by atoms with Crippen molar-refractivity contribution in [1.29, 1.82) is 0 Å². The molecule has 0 N–H and O–H groups in total. The van der Waals surface area contributed by atoms with E-state index in [1.165, 1.54) is 81.8 Å². The van der Waals surface area contributed by atoms with Crippen molar-refractivity contribution in [2.45, 2.75) is 76.0 Å². The summed E-state index contributed by atoms with van der Waals surface area (Å²) in [7, 11) is 0. The maximum absolute atomic E-state index is 5.76. The van der Waals surface area contributed by atoms with Gasteiger partial charge in [0.2, 0.25) is 0 Å². The third-order valence-corrected chi connectivity index (χ3v) is 6.76. The van der Waals surface area contributed by atoms with E-state index in [0.29, 0.717) is 13.2 Å². The van der Waals surface area contributed by atoms with Crippen LogP contribution in [0.2, 0.25) is 0 Å². The molecule has 1 saturated carbocycles. The van der Waals surface area contributed by atoms with Crippen LogP contribution in [0.15, 0.2) is 73.8 Å². The Bertz CT molecular complexity index is 734. The molecule has 3 rings (SSSR count). The fourth-order valence-corrected chi connectivity index (χ4v) is 5.01. The molecule has 0 spiro atoms. The SMILES string of the molecule is C=CCOc1ccc(C2(c3ccc(OCC=C)cc3)CCCCCCCCCCC2)cc1. The average Bonchev–Trinajstić information content (AvgIpc) is 2.83. The van der Waals surface area contributed by atoms with E-state index in [4.69, 9.17) is 9.47 Å². The lowest BCUT2D eigenvalue weighted by Crippen LogP contribution is -2.28. The largest absolute Gasteiger partial charge is 0.490 e. The van der Waals surface area contributed by atoms with Crippen LogP contribution in [0.3, 0.4) is 0 Å². The summed E-state index contributed by atoms with van der Waals surface area (Å²) in [6.07, 6.45) is 18.0. The lowest BCUT2D eigenvalue weighted by atomic mass is 9.67. The normalized spacial score (nSPS) is 17.4. The molecule has 2 aromatic carbocycles. The molecule has 0 amide bonds. The minimum Gasteiger partial charge on any atom is -0.490 e. The summed E-state index contributed by atoms with van der Waals surface area (Å²) < 4.78 is 11.5. The molecule has 0 atom stereocenters. The van der Waals surface area contributed by atoms with E-state index in [1.807, 2.05) is 0 Å². The van der Waals surface area contributed by atoms with Crippen LogP contribution in [-0.4, -0.2) is 13.2 Å². The van der Waals surface area contributed by atoms with Crippen molar-refractivity contribution in [3.8, 4) is 11.5 Å². The molecule has 0 aromatic heterocycles. The Labute approximate surface area is 195 Å². The Balaban J connectivity index is 1.93. The Morgan fingerprint density at radius 3 is 1.25 bits per heavy atom. The minimum absolute atomic E-state index is 0.0349. The van der Waals surface area contributed by atoms with Crippen LogP contribution in [0.25, 0.3) is 0 Å². The summed E-state index contributed by atoms with van der Waals surface area (Å²) in [4.78, 5) is 0. The monoisotopic (exact) mass is 432 g/mol. The smallest absolute Gasteiger partial charge is 0.119 e. The highest BCUT2D eigenvalue weighted by Gasteiger charge is 2.33. The molecule has 0 aliphatic heterocycles. The molecule has 0 unspecified atom stereocenters. The fourth-order valence-electron chi connectivity index (χ4n) is 5.01. The van der Waals surface area contributed by atoms with Crippen LogP contribution in [-0.2, 0) is 5.41 Å². The first kappa shape index (κ1) is 24.2. The van der Waals surface area contributed by atoms with E-state index in [9.17, 15) is 0 Å². The molecular formula is C30H40O2. The number of hydrogen-bond acceptors (Lipinski definition) is 2. The second-order valence-electron chi connectivity index (χ2n) is 9.01. The molecule has 2 nitrogen and oxygen atoms in total. The van der Waals surface area contributed by atoms with Crippen LogP contribution in [0.5, 0.6) is 11.5 Å². The Hall–Kier alpha value is -2.48. The summed E-state index contributed by atoms with van der Waals surface area (Å²) in [5.41, 5.74) is 2.84. The molecule has 172 valence electrons. The molecule has 0 radical (unpaired) electrons. The van der Waals surface area contributed by atoms with Gasteiger partial charge in [-0.25, -0.2) is 0 Å². The van der Waals surface area contributed by atoms with E-state index in [0.717, 1.165) is 11.5 Å². The topological polar surface area (TPSA) is 18.5 Å². The van der Waals surface area contributed by atoms with Crippen LogP contribution < -0.4 is 9.47 Å². The van der Waals surface area contributed by atoms with Crippen LogP contribution >= 0.6 is 0 Å². The van der Waals surface area contributed by atoms with Crippen molar-refractivity contribution >= 4 is 0 Å². The summed E-state index contributed by atoms with van der Waals surface area (Å²) >= 11 is 0. The van der Waals surface area contributed by atoms with Crippen molar-refractivity contribution in [3.63, 3.8) is 0 Å². The zero-order valence-electron chi connectivity index (χ0n) is 19.7. The molecule has 1 aliphatic rings. The third-order valence-electron chi connectivity index (χ3n) is 6.76. The molecule has 0 heterocycles. The first-order valence-corrected chi connectivity index (χ1v) is 12.5. The van der Waals surface area contributed by atoms with Crippen molar-refractivity contribution in [2.75, 3.05) is 13.2 Å². The Morgan fingerprint density at radius 2 is 0.906 bits per heavy atom. The van der Waals surface area contributed by atoms with Gasteiger partial charge in [0, 0.05) is 5.41 Å². The Morgan fingerprint density at radius 1 is 0.562 bits per heavy atom. The van der Waals surface area contributed by atoms with Gasteiger partial charge < -0.3 is 9.47 Å². The van der Waals surface area contributed by atoms with E-state index < -0.39 is 0 Å². The van der Waals surface area contributed by atoms with E-state index in [1.54, 1.807) is 12.2 Å². The standard InChI is InChI=1S/C30H40O2/c1-3-24-31-28-18-14-26(15-19-28)30(27-16-20-29(21-17-27)32-25-4-2)22-12-10-8-6-5-7-9-11-13-23-30/h3-4,14-21H,1-2,5-13,22-25H2. The van der Waals surface area contributed by atoms with Gasteiger partial charge in [-0.2, -0.15) is 0 Å². The number of rotatable bonds is 8. The van der Waals surface area contributed by atoms with Gasteiger partial charge in [0.15, 0.2) is 0 Å². The molecule has 1 fully saturated rings. The maximum atomic E-state index is 5.76. The fraction of sp³-hybridized carbons (Fsp3) is 0.467. The van der Waals surface area contributed by atoms with Gasteiger partial charge in [-0.3, -0.25) is 0 Å². The van der Waals surface area contributed by atoms with E-state index in [-0.39, 0.29) is 5.41 Å². The van der Waals surface area contributed by atoms with Crippen molar-refractivity contribution in [1.82, 2.24) is 0 Å². The van der Waals surface area contributed by atoms with Crippen molar-refractivity contribution in [2.24, 2.45) is 0 Å². The number of ether oxygens (including phenoxy) is 2. The number of benzene rings is 2. The molecular weight excluding hydrogens is 392 g/mol. The number of hydrogen-bond donors (Lipinski definition) is 0. The predicted molar refractivity (Wildman–Crippen MR) is 136 cm³/mol. The highest BCUT2D eigenvalue weighted by atomic mass is 16.5. The first-order chi connectivity index (χ1) is 15.8. The summed E-state index contributed by atoms with van der Waals surface area (Å²) in [6.45, 7) is 8.58. The van der Waals surface area contributed by atoms with Gasteiger partial charge in [-0.1, -0.05) is 107 Å². The second-order valence-corrected chi connectivity index (χ2v) is 9.01. The molecule has 2 aromatic rings. The van der Waals surface area contributed by atoms with E-state index >= 15 is 0 Å². The van der Waals surface area contributed by atoms with Crippen molar-refractivity contribution < 1.29 is 9.47 Å². The molecule has 0 saturated heterocycles. The zero-order valence-corrected chi connectivity index (χ0v) is 19.7. The minimum atomic E-state index is 0.0349. The maximum Gasteiger partial charge on any atom is 0.119 e. The van der Waals surface area contributed by atoms with Gasteiger partial charge in [-0.15, -0.1) is 0 Å². The Kier molecular flexibility index (Phi) is 9.94. The second kappa shape index (κ2) is 13.2. The predicted octanol–water partition coefficient (Wildman–Crippen LogP) is 8.41. The average molecular weight is 433 g/mol. The van der Waals surface area contributed by atoms with Crippen LogP contribution in [0.4, 0.5) is 0 Å². The van der Waals surface area contributed by atoms with Crippen LogP contribution in [0.1, 0.15) is 81.8 Å². The van der Waals surface area contributed by atoms with Gasteiger partial charge in [0.05, 0.1) is 0 Å². The van der Waals surface area contributed by atoms with Gasteiger partial charge in [-0.05, 0) is 48.2 Å². The van der Waals surface area contributed by atoms with Crippen molar-refractivity contribution in [3.05, 3.63) is 85.0 Å². The lowest BCUT2D eigenvalue weighted by Gasteiger charge is -2.36. The molecule has 1 aliphatic carbocycles. The zero-order chi connectivity index (χ0) is 22.5. The third kappa shape index (κ3) is 6.76. The highest BCUT2D eigenvalue weighted by Crippen LogP contribution is 2.43. The summed E-state index contributed by atoms with van der Waals surface area (Å²) in [6, 6.07) is 17.6. The molecule has 0 bridgehead atoms. The lowest BCUT2D eigenvalue weighted by molar-refractivity contribution is 0.359. The van der Waals surface area contributed by atoms with Gasteiger partial charge >= 0.3 is 0 Å². The van der Waals surface area contributed by atoms with Gasteiger partial charge in [0.1, 0.15) is 24.7 Å². The van der Waals surface area contributed by atoms with Gasteiger partial charge in [0.25, 0.3) is 0 Å². The van der Waals surface area contributed by atoms with E-state index in [2.05, 4.69) is 61.7 Å². The van der Waals surface area contributed by atoms with Crippen LogP contribution in [0, 0.1) is 0 Å². The summed E-state index contributed by atoms with van der Waals surface area (Å²) in [5.74, 6) is 1.82. The quantitative estimate of drug-likeness (QED) is 0.390. The molecule has 2 heteroatoms. The highest BCUT2D eigenvalue weighted by molar-refractivity contribution is 5.43. The first-order valence-electron chi connectivity index (χ1n) is 12.5.